The normalized spacial score (nSPS) is 38.6. The van der Waals surface area contributed by atoms with Gasteiger partial charge in [-0.1, -0.05) is 6.92 Å². The molecule has 0 bridgehead atoms. The van der Waals surface area contributed by atoms with Crippen molar-refractivity contribution in [3.8, 4) is 0 Å². The molecule has 0 aliphatic carbocycles. The standard InChI is InChI=1S/C16H29NO2/c1-11-8-7-9-17(12(11)2)10-13-14(18)16(5,6)19-15(13,3)4/h11-13H,7-10H2,1-6H3. The van der Waals surface area contributed by atoms with Gasteiger partial charge in [0.05, 0.1) is 11.5 Å². The zero-order valence-corrected chi connectivity index (χ0v) is 13.3. The Balaban J connectivity index is 2.12. The average Bonchev–Trinajstić information content (AvgIpc) is 2.42. The van der Waals surface area contributed by atoms with Crippen molar-refractivity contribution < 1.29 is 9.53 Å². The minimum absolute atomic E-state index is 0.00440. The average molecular weight is 267 g/mol. The van der Waals surface area contributed by atoms with E-state index in [2.05, 4.69) is 32.6 Å². The predicted octanol–water partition coefficient (Wildman–Crippen LogP) is 2.88. The lowest BCUT2D eigenvalue weighted by Gasteiger charge is -2.40. The number of ether oxygens (including phenoxy) is 1. The van der Waals surface area contributed by atoms with E-state index in [1.807, 2.05) is 13.8 Å². The first-order valence-electron chi connectivity index (χ1n) is 7.63. The van der Waals surface area contributed by atoms with Crippen molar-refractivity contribution in [2.45, 2.75) is 71.6 Å². The topological polar surface area (TPSA) is 29.5 Å². The molecule has 110 valence electrons. The summed E-state index contributed by atoms with van der Waals surface area (Å²) in [7, 11) is 0. The number of nitrogens with zero attached hydrogens (tertiary/aromatic N) is 1. The quantitative estimate of drug-likeness (QED) is 0.770. The Kier molecular flexibility index (Phi) is 3.83. The van der Waals surface area contributed by atoms with Crippen LogP contribution in [0.1, 0.15) is 54.4 Å². The molecule has 2 aliphatic heterocycles. The van der Waals surface area contributed by atoms with Crippen LogP contribution >= 0.6 is 0 Å². The number of hydrogen-bond donors (Lipinski definition) is 0. The smallest absolute Gasteiger partial charge is 0.171 e. The predicted molar refractivity (Wildman–Crippen MR) is 77.2 cm³/mol. The molecule has 3 unspecified atom stereocenters. The lowest BCUT2D eigenvalue weighted by molar-refractivity contribution is -0.132. The van der Waals surface area contributed by atoms with Gasteiger partial charge < -0.3 is 4.74 Å². The van der Waals surface area contributed by atoms with Crippen molar-refractivity contribution in [3.05, 3.63) is 0 Å². The van der Waals surface area contributed by atoms with Gasteiger partial charge in [0.1, 0.15) is 5.60 Å². The fourth-order valence-electron chi connectivity index (χ4n) is 3.73. The van der Waals surface area contributed by atoms with E-state index < -0.39 is 5.60 Å². The van der Waals surface area contributed by atoms with Gasteiger partial charge >= 0.3 is 0 Å². The fourth-order valence-corrected chi connectivity index (χ4v) is 3.73. The lowest BCUT2D eigenvalue weighted by atomic mass is 9.83. The van der Waals surface area contributed by atoms with E-state index in [4.69, 9.17) is 4.74 Å². The first-order valence-corrected chi connectivity index (χ1v) is 7.63. The number of carbonyl (C=O) groups is 1. The third kappa shape index (κ3) is 2.73. The SMILES string of the molecule is CC1CCCN(CC2C(=O)C(C)(C)OC2(C)C)C1C. The number of ketones is 1. The summed E-state index contributed by atoms with van der Waals surface area (Å²) in [6.45, 7) is 14.5. The maximum Gasteiger partial charge on any atom is 0.171 e. The molecular formula is C16H29NO2. The molecule has 2 aliphatic rings. The molecule has 0 saturated carbocycles. The van der Waals surface area contributed by atoms with Gasteiger partial charge in [-0.2, -0.15) is 0 Å². The van der Waals surface area contributed by atoms with Gasteiger partial charge in [-0.3, -0.25) is 9.69 Å². The highest BCUT2D eigenvalue weighted by molar-refractivity contribution is 5.91. The van der Waals surface area contributed by atoms with Gasteiger partial charge in [-0.15, -0.1) is 0 Å². The van der Waals surface area contributed by atoms with Crippen molar-refractivity contribution >= 4 is 5.78 Å². The maximum absolute atomic E-state index is 12.6. The van der Waals surface area contributed by atoms with Crippen molar-refractivity contribution in [1.82, 2.24) is 4.90 Å². The molecule has 0 aromatic heterocycles. The van der Waals surface area contributed by atoms with Crippen LogP contribution in [0.4, 0.5) is 0 Å². The fraction of sp³-hybridized carbons (Fsp3) is 0.938. The second kappa shape index (κ2) is 4.85. The van der Waals surface area contributed by atoms with Crippen LogP contribution in [0, 0.1) is 11.8 Å². The first-order chi connectivity index (χ1) is 8.65. The zero-order chi connectivity index (χ0) is 14.4. The molecule has 0 spiro atoms. The summed E-state index contributed by atoms with van der Waals surface area (Å²) in [5, 5.41) is 0. The summed E-state index contributed by atoms with van der Waals surface area (Å²) in [6, 6.07) is 0.570. The second-order valence-corrected chi connectivity index (χ2v) is 7.49. The van der Waals surface area contributed by atoms with Crippen LogP contribution in [-0.2, 0) is 9.53 Å². The highest BCUT2D eigenvalue weighted by Crippen LogP contribution is 2.40. The van der Waals surface area contributed by atoms with Crippen LogP contribution in [0.15, 0.2) is 0 Å². The molecule has 3 heteroatoms. The van der Waals surface area contributed by atoms with Crippen molar-refractivity contribution in [2.75, 3.05) is 13.1 Å². The Labute approximate surface area is 117 Å². The maximum atomic E-state index is 12.6. The summed E-state index contributed by atoms with van der Waals surface area (Å²) < 4.78 is 5.99. The summed E-state index contributed by atoms with van der Waals surface area (Å²) >= 11 is 0. The van der Waals surface area contributed by atoms with Gasteiger partial charge in [0, 0.05) is 12.6 Å². The largest absolute Gasteiger partial charge is 0.361 e. The van der Waals surface area contributed by atoms with E-state index in [1.165, 1.54) is 12.8 Å². The Morgan fingerprint density at radius 2 is 1.89 bits per heavy atom. The molecule has 0 aromatic carbocycles. The zero-order valence-electron chi connectivity index (χ0n) is 13.3. The minimum Gasteiger partial charge on any atom is -0.361 e. The van der Waals surface area contributed by atoms with Crippen LogP contribution in [0.3, 0.4) is 0 Å². The van der Waals surface area contributed by atoms with Crippen LogP contribution in [0.25, 0.3) is 0 Å². The van der Waals surface area contributed by atoms with Gasteiger partial charge in [-0.05, 0) is 59.9 Å². The van der Waals surface area contributed by atoms with Gasteiger partial charge in [-0.25, -0.2) is 0 Å². The highest BCUT2D eigenvalue weighted by Gasteiger charge is 2.53. The minimum atomic E-state index is -0.626. The van der Waals surface area contributed by atoms with E-state index in [9.17, 15) is 4.79 Å². The number of likely N-dealkylation sites (tertiary alicyclic amines) is 1. The van der Waals surface area contributed by atoms with Crippen LogP contribution < -0.4 is 0 Å². The molecule has 2 rings (SSSR count). The summed E-state index contributed by atoms with van der Waals surface area (Å²) in [5.41, 5.74) is -0.972. The number of rotatable bonds is 2. The van der Waals surface area contributed by atoms with Gasteiger partial charge in [0.25, 0.3) is 0 Å². The molecule has 0 amide bonds. The molecule has 19 heavy (non-hydrogen) atoms. The van der Waals surface area contributed by atoms with E-state index in [0.717, 1.165) is 19.0 Å². The Hall–Kier alpha value is -0.410. The number of hydrogen-bond acceptors (Lipinski definition) is 3. The van der Waals surface area contributed by atoms with E-state index in [1.54, 1.807) is 0 Å². The summed E-state index contributed by atoms with van der Waals surface area (Å²) in [6.07, 6.45) is 2.55. The summed E-state index contributed by atoms with van der Waals surface area (Å²) in [4.78, 5) is 15.0. The van der Waals surface area contributed by atoms with E-state index >= 15 is 0 Å². The Morgan fingerprint density at radius 3 is 2.42 bits per heavy atom. The Bertz CT molecular complexity index is 362. The first kappa shape index (κ1) is 15.0. The van der Waals surface area contributed by atoms with Crippen molar-refractivity contribution in [1.29, 1.82) is 0 Å². The van der Waals surface area contributed by atoms with Gasteiger partial charge in [0.2, 0.25) is 0 Å². The van der Waals surface area contributed by atoms with E-state index in [-0.39, 0.29) is 17.3 Å². The third-order valence-corrected chi connectivity index (χ3v) is 5.19. The molecular weight excluding hydrogens is 238 g/mol. The molecule has 0 radical (unpaired) electrons. The lowest BCUT2D eigenvalue weighted by Crippen LogP contribution is -2.48. The third-order valence-electron chi connectivity index (χ3n) is 5.19. The molecule has 0 aromatic rings. The molecule has 3 nitrogen and oxygen atoms in total. The van der Waals surface area contributed by atoms with E-state index in [0.29, 0.717) is 6.04 Å². The highest BCUT2D eigenvalue weighted by atomic mass is 16.5. The van der Waals surface area contributed by atoms with Crippen molar-refractivity contribution in [3.63, 3.8) is 0 Å². The number of piperidine rings is 1. The van der Waals surface area contributed by atoms with Crippen LogP contribution in [0.5, 0.6) is 0 Å². The van der Waals surface area contributed by atoms with Crippen LogP contribution in [0.2, 0.25) is 0 Å². The molecule has 2 saturated heterocycles. The Morgan fingerprint density at radius 1 is 1.26 bits per heavy atom. The number of Topliss-reactive ketones (excluding diaryl/α,β-unsaturated/α-hetero) is 1. The van der Waals surface area contributed by atoms with Crippen LogP contribution in [-0.4, -0.2) is 41.0 Å². The monoisotopic (exact) mass is 267 g/mol. The second-order valence-electron chi connectivity index (χ2n) is 7.49. The molecule has 0 N–H and O–H groups in total. The molecule has 2 heterocycles. The molecule has 3 atom stereocenters. The summed E-state index contributed by atoms with van der Waals surface area (Å²) in [5.74, 6) is 0.987. The van der Waals surface area contributed by atoms with Crippen molar-refractivity contribution in [2.24, 2.45) is 11.8 Å². The van der Waals surface area contributed by atoms with Gasteiger partial charge in [0.15, 0.2) is 5.78 Å². The number of carbonyl (C=O) groups excluding carboxylic acids is 1. The molecule has 2 fully saturated rings.